The van der Waals surface area contributed by atoms with Gasteiger partial charge in [-0.05, 0) is 44.3 Å². The Hall–Kier alpha value is -1.39. The van der Waals surface area contributed by atoms with E-state index in [0.717, 1.165) is 39.1 Å². The van der Waals surface area contributed by atoms with E-state index in [1.54, 1.807) is 0 Å². The van der Waals surface area contributed by atoms with E-state index in [4.69, 9.17) is 0 Å². The van der Waals surface area contributed by atoms with Crippen molar-refractivity contribution in [3.63, 3.8) is 0 Å². The van der Waals surface area contributed by atoms with E-state index >= 15 is 0 Å². The van der Waals surface area contributed by atoms with Crippen LogP contribution in [-0.2, 0) is 11.3 Å². The Morgan fingerprint density at radius 2 is 2.18 bits per heavy atom. The number of rotatable bonds is 5. The lowest BCUT2D eigenvalue weighted by Gasteiger charge is -2.23. The van der Waals surface area contributed by atoms with Gasteiger partial charge in [0, 0.05) is 25.7 Å². The van der Waals surface area contributed by atoms with Crippen LogP contribution in [0.3, 0.4) is 0 Å². The second-order valence-electron chi connectivity index (χ2n) is 6.76. The summed E-state index contributed by atoms with van der Waals surface area (Å²) in [6.45, 7) is 7.20. The molecule has 22 heavy (non-hydrogen) atoms. The molecule has 0 aliphatic carbocycles. The zero-order chi connectivity index (χ0) is 15.4. The van der Waals surface area contributed by atoms with Gasteiger partial charge in [-0.3, -0.25) is 9.69 Å². The highest BCUT2D eigenvalue weighted by atomic mass is 16.2. The molecule has 0 saturated carbocycles. The van der Waals surface area contributed by atoms with Gasteiger partial charge in [0.2, 0.25) is 5.91 Å². The molecule has 0 spiro atoms. The number of nitrogens with one attached hydrogen (secondary N) is 2. The lowest BCUT2D eigenvalue weighted by atomic mass is 9.99. The summed E-state index contributed by atoms with van der Waals surface area (Å²) in [5.74, 6) is 0.977. The lowest BCUT2D eigenvalue weighted by Crippen LogP contribution is -2.42. The molecule has 120 valence electrons. The van der Waals surface area contributed by atoms with Gasteiger partial charge in [-0.15, -0.1) is 0 Å². The van der Waals surface area contributed by atoms with Crippen molar-refractivity contribution in [2.75, 3.05) is 26.2 Å². The number of hydrogen-bond donors (Lipinski definition) is 2. The predicted molar refractivity (Wildman–Crippen MR) is 88.4 cm³/mol. The molecule has 3 rings (SSSR count). The second-order valence-corrected chi connectivity index (χ2v) is 6.76. The molecule has 2 N–H and O–H groups in total. The molecule has 0 bridgehead atoms. The number of hydrogen-bond acceptors (Lipinski definition) is 3. The maximum absolute atomic E-state index is 12.2. The van der Waals surface area contributed by atoms with Gasteiger partial charge < -0.3 is 10.6 Å². The van der Waals surface area contributed by atoms with E-state index < -0.39 is 0 Å². The van der Waals surface area contributed by atoms with Crippen molar-refractivity contribution in [3.05, 3.63) is 35.9 Å². The van der Waals surface area contributed by atoms with Crippen LogP contribution in [0.4, 0.5) is 0 Å². The van der Waals surface area contributed by atoms with Crippen LogP contribution in [0.5, 0.6) is 0 Å². The van der Waals surface area contributed by atoms with Crippen molar-refractivity contribution in [3.8, 4) is 0 Å². The fraction of sp³-hybridized carbons (Fsp3) is 0.611. The summed E-state index contributed by atoms with van der Waals surface area (Å²) in [5.41, 5.74) is 1.37. The van der Waals surface area contributed by atoms with Crippen molar-refractivity contribution in [1.29, 1.82) is 0 Å². The van der Waals surface area contributed by atoms with Gasteiger partial charge in [-0.2, -0.15) is 0 Å². The summed E-state index contributed by atoms with van der Waals surface area (Å²) in [4.78, 5) is 14.7. The Morgan fingerprint density at radius 3 is 2.91 bits per heavy atom. The summed E-state index contributed by atoms with van der Waals surface area (Å²) in [6, 6.07) is 10.9. The zero-order valence-electron chi connectivity index (χ0n) is 13.4. The van der Waals surface area contributed by atoms with Crippen LogP contribution in [0.25, 0.3) is 0 Å². The minimum atomic E-state index is 0.171. The molecule has 0 radical (unpaired) electrons. The van der Waals surface area contributed by atoms with E-state index in [-0.39, 0.29) is 17.9 Å². The van der Waals surface area contributed by atoms with E-state index in [0.29, 0.717) is 5.92 Å². The summed E-state index contributed by atoms with van der Waals surface area (Å²) < 4.78 is 0. The fourth-order valence-corrected chi connectivity index (χ4v) is 3.59. The van der Waals surface area contributed by atoms with Crippen LogP contribution < -0.4 is 10.6 Å². The molecule has 4 nitrogen and oxygen atoms in total. The van der Waals surface area contributed by atoms with Crippen LogP contribution in [-0.4, -0.2) is 43.0 Å². The second kappa shape index (κ2) is 7.25. The zero-order valence-corrected chi connectivity index (χ0v) is 13.4. The number of benzene rings is 1. The highest BCUT2D eigenvalue weighted by Crippen LogP contribution is 2.22. The third-order valence-electron chi connectivity index (χ3n) is 5.07. The SMILES string of the molecule is CC(NC(=O)C1CCNC1)C1CCN(Cc2ccccc2)C1. The minimum absolute atomic E-state index is 0.171. The highest BCUT2D eigenvalue weighted by molar-refractivity contribution is 5.79. The van der Waals surface area contributed by atoms with Crippen molar-refractivity contribution in [2.45, 2.75) is 32.4 Å². The lowest BCUT2D eigenvalue weighted by molar-refractivity contribution is -0.125. The van der Waals surface area contributed by atoms with Crippen LogP contribution in [0.2, 0.25) is 0 Å². The Bertz CT molecular complexity index is 484. The van der Waals surface area contributed by atoms with Gasteiger partial charge in [0.15, 0.2) is 0 Å². The van der Waals surface area contributed by atoms with Gasteiger partial charge in [-0.25, -0.2) is 0 Å². The minimum Gasteiger partial charge on any atom is -0.353 e. The largest absolute Gasteiger partial charge is 0.353 e. The van der Waals surface area contributed by atoms with Gasteiger partial charge >= 0.3 is 0 Å². The summed E-state index contributed by atoms with van der Waals surface area (Å²) >= 11 is 0. The molecule has 0 aromatic heterocycles. The topological polar surface area (TPSA) is 44.4 Å². The van der Waals surface area contributed by atoms with Gasteiger partial charge in [0.25, 0.3) is 0 Å². The summed E-state index contributed by atoms with van der Waals surface area (Å²) in [6.07, 6.45) is 2.15. The third kappa shape index (κ3) is 3.87. The smallest absolute Gasteiger partial charge is 0.224 e. The number of likely N-dealkylation sites (tertiary alicyclic amines) is 1. The Balaban J connectivity index is 1.46. The standard InChI is InChI=1S/C18H27N3O/c1-14(20-18(22)16-7-9-19-11-16)17-8-10-21(13-17)12-15-5-3-2-4-6-15/h2-6,14,16-17,19H,7-13H2,1H3,(H,20,22). The number of carbonyl (C=O) groups is 1. The maximum Gasteiger partial charge on any atom is 0.224 e. The molecule has 2 aliphatic heterocycles. The molecule has 4 heteroatoms. The van der Waals surface area contributed by atoms with Crippen LogP contribution in [0.1, 0.15) is 25.3 Å². The average Bonchev–Trinajstić information content (AvgIpc) is 3.19. The number of amides is 1. The molecule has 2 saturated heterocycles. The number of nitrogens with zero attached hydrogens (tertiary/aromatic N) is 1. The van der Waals surface area contributed by atoms with Crippen molar-refractivity contribution in [2.24, 2.45) is 11.8 Å². The molecule has 3 atom stereocenters. The molecular weight excluding hydrogens is 274 g/mol. The Morgan fingerprint density at radius 1 is 1.36 bits per heavy atom. The molecule has 3 unspecified atom stereocenters. The maximum atomic E-state index is 12.2. The highest BCUT2D eigenvalue weighted by Gasteiger charge is 2.30. The quantitative estimate of drug-likeness (QED) is 0.869. The first-order valence-corrected chi connectivity index (χ1v) is 8.50. The summed E-state index contributed by atoms with van der Waals surface area (Å²) in [7, 11) is 0. The van der Waals surface area contributed by atoms with Crippen LogP contribution in [0.15, 0.2) is 30.3 Å². The predicted octanol–water partition coefficient (Wildman–Crippen LogP) is 1.62. The van der Waals surface area contributed by atoms with Crippen molar-refractivity contribution >= 4 is 5.91 Å². The normalized spacial score (nSPS) is 27.0. The molecule has 2 heterocycles. The molecular formula is C18H27N3O. The monoisotopic (exact) mass is 301 g/mol. The van der Waals surface area contributed by atoms with Crippen molar-refractivity contribution in [1.82, 2.24) is 15.5 Å². The molecule has 1 aromatic carbocycles. The van der Waals surface area contributed by atoms with Gasteiger partial charge in [0.05, 0.1) is 5.92 Å². The van der Waals surface area contributed by atoms with E-state index in [2.05, 4.69) is 52.8 Å². The molecule has 2 aliphatic rings. The van der Waals surface area contributed by atoms with Gasteiger partial charge in [-0.1, -0.05) is 30.3 Å². The first-order chi connectivity index (χ1) is 10.7. The van der Waals surface area contributed by atoms with E-state index in [1.165, 1.54) is 12.0 Å². The fourth-order valence-electron chi connectivity index (χ4n) is 3.59. The average molecular weight is 301 g/mol. The van der Waals surface area contributed by atoms with Gasteiger partial charge in [0.1, 0.15) is 0 Å². The molecule has 1 amide bonds. The summed E-state index contributed by atoms with van der Waals surface area (Å²) in [5, 5.41) is 6.50. The van der Waals surface area contributed by atoms with E-state index in [1.807, 2.05) is 0 Å². The van der Waals surface area contributed by atoms with E-state index in [9.17, 15) is 4.79 Å². The Labute approximate surface area is 133 Å². The number of carbonyl (C=O) groups excluding carboxylic acids is 1. The van der Waals surface area contributed by atoms with Crippen molar-refractivity contribution < 1.29 is 4.79 Å². The molecule has 2 fully saturated rings. The van der Waals surface area contributed by atoms with Crippen LogP contribution in [0, 0.1) is 11.8 Å². The van der Waals surface area contributed by atoms with Crippen LogP contribution >= 0.6 is 0 Å². The first-order valence-electron chi connectivity index (χ1n) is 8.50. The first kappa shape index (κ1) is 15.5. The third-order valence-corrected chi connectivity index (χ3v) is 5.07. The molecule has 1 aromatic rings. The Kier molecular flexibility index (Phi) is 5.11.